The Hall–Kier alpha value is -2.73. The maximum Gasteiger partial charge on any atom is 0.255 e. The van der Waals surface area contributed by atoms with Gasteiger partial charge in [-0.3, -0.25) is 4.79 Å². The van der Waals surface area contributed by atoms with Crippen LogP contribution in [0.5, 0.6) is 0 Å². The Bertz CT molecular complexity index is 742. The van der Waals surface area contributed by atoms with Gasteiger partial charge < -0.3 is 19.9 Å². The molecule has 0 aliphatic carbocycles. The van der Waals surface area contributed by atoms with Crippen LogP contribution in [-0.4, -0.2) is 61.3 Å². The summed E-state index contributed by atoms with van der Waals surface area (Å²) in [5, 5.41) is 2.84. The number of hydrogen-bond acceptors (Lipinski definition) is 5. The van der Waals surface area contributed by atoms with Crippen molar-refractivity contribution in [3.63, 3.8) is 0 Å². The smallest absolute Gasteiger partial charge is 0.255 e. The number of amides is 1. The van der Waals surface area contributed by atoms with Gasteiger partial charge in [0.25, 0.3) is 5.91 Å². The lowest BCUT2D eigenvalue weighted by molar-refractivity contribution is -0.109. The van der Waals surface area contributed by atoms with E-state index in [0.717, 1.165) is 38.0 Å². The summed E-state index contributed by atoms with van der Waals surface area (Å²) in [5.41, 5.74) is 1.52. The van der Waals surface area contributed by atoms with E-state index in [-0.39, 0.29) is 5.91 Å². The first kappa shape index (κ1) is 18.1. The number of pyridine rings is 1. The Kier molecular flexibility index (Phi) is 5.96. The summed E-state index contributed by atoms with van der Waals surface area (Å²) in [5.74, 6) is 0.419. The van der Waals surface area contributed by atoms with Crippen LogP contribution in [0.1, 0.15) is 15.9 Å². The quantitative estimate of drug-likeness (QED) is 0.796. The Balaban J connectivity index is 1.72. The van der Waals surface area contributed by atoms with Gasteiger partial charge in [0.05, 0.1) is 11.6 Å². The summed E-state index contributed by atoms with van der Waals surface area (Å²) in [6, 6.07) is 12.6. The van der Waals surface area contributed by atoms with E-state index in [1.165, 1.54) is 0 Å². The molecule has 1 unspecified atom stereocenters. The van der Waals surface area contributed by atoms with E-state index in [0.29, 0.717) is 17.8 Å². The van der Waals surface area contributed by atoms with Crippen molar-refractivity contribution < 1.29 is 9.59 Å². The highest BCUT2D eigenvalue weighted by Crippen LogP contribution is 2.19. The van der Waals surface area contributed by atoms with Crippen molar-refractivity contribution in [2.24, 2.45) is 0 Å². The standard InChI is InChI=1S/C20H24N4O2/c1-23-10-12-24(13-11-23)19-18(8-5-9-21-19)20(26)22-17(15-25)14-16-6-3-2-4-7-16/h2-9,15,17H,10-14H2,1H3,(H,22,26). The summed E-state index contributed by atoms with van der Waals surface area (Å²) in [4.78, 5) is 33.0. The fraction of sp³-hybridized carbons (Fsp3) is 0.350. The number of carbonyl (C=O) groups excluding carboxylic acids is 2. The molecule has 2 heterocycles. The normalized spacial score (nSPS) is 16.1. The summed E-state index contributed by atoms with van der Waals surface area (Å²) in [6.07, 6.45) is 2.96. The Morgan fingerprint density at radius 2 is 1.88 bits per heavy atom. The molecule has 2 aromatic rings. The number of benzene rings is 1. The monoisotopic (exact) mass is 352 g/mol. The minimum Gasteiger partial charge on any atom is -0.353 e. The van der Waals surface area contributed by atoms with Crippen molar-refractivity contribution >= 4 is 18.0 Å². The fourth-order valence-corrected chi connectivity index (χ4v) is 3.09. The van der Waals surface area contributed by atoms with Crippen molar-refractivity contribution in [1.82, 2.24) is 15.2 Å². The molecule has 1 fully saturated rings. The van der Waals surface area contributed by atoms with Crippen LogP contribution in [0.15, 0.2) is 48.7 Å². The molecule has 1 atom stereocenters. The predicted octanol–water partition coefficient (Wildman–Crippen LogP) is 1.37. The molecular formula is C20H24N4O2. The number of hydrogen-bond donors (Lipinski definition) is 1. The molecule has 1 amide bonds. The largest absolute Gasteiger partial charge is 0.353 e. The summed E-state index contributed by atoms with van der Waals surface area (Å²) in [6.45, 7) is 3.52. The SMILES string of the molecule is CN1CCN(c2ncccc2C(=O)NC(C=O)Cc2ccccc2)CC1. The highest BCUT2D eigenvalue weighted by Gasteiger charge is 2.22. The van der Waals surface area contributed by atoms with Crippen LogP contribution in [0.2, 0.25) is 0 Å². The summed E-state index contributed by atoms with van der Waals surface area (Å²) < 4.78 is 0. The van der Waals surface area contributed by atoms with Gasteiger partial charge in [-0.1, -0.05) is 30.3 Å². The maximum atomic E-state index is 12.8. The minimum atomic E-state index is -0.564. The molecule has 0 bridgehead atoms. The van der Waals surface area contributed by atoms with Gasteiger partial charge in [0.1, 0.15) is 12.1 Å². The van der Waals surface area contributed by atoms with Gasteiger partial charge in [0.15, 0.2) is 0 Å². The highest BCUT2D eigenvalue weighted by molar-refractivity contribution is 6.00. The number of nitrogens with zero attached hydrogens (tertiary/aromatic N) is 3. The molecule has 0 spiro atoms. The lowest BCUT2D eigenvalue weighted by atomic mass is 10.1. The van der Waals surface area contributed by atoms with Crippen LogP contribution in [0.25, 0.3) is 0 Å². The predicted molar refractivity (Wildman–Crippen MR) is 101 cm³/mol. The van der Waals surface area contributed by atoms with Gasteiger partial charge in [-0.2, -0.15) is 0 Å². The van der Waals surface area contributed by atoms with E-state index in [1.807, 2.05) is 30.3 Å². The Morgan fingerprint density at radius 3 is 2.58 bits per heavy atom. The summed E-state index contributed by atoms with van der Waals surface area (Å²) in [7, 11) is 2.08. The van der Waals surface area contributed by atoms with Crippen molar-refractivity contribution in [2.45, 2.75) is 12.5 Å². The maximum absolute atomic E-state index is 12.8. The van der Waals surface area contributed by atoms with Crippen LogP contribution in [-0.2, 0) is 11.2 Å². The van der Waals surface area contributed by atoms with Gasteiger partial charge >= 0.3 is 0 Å². The average molecular weight is 352 g/mol. The van der Waals surface area contributed by atoms with Crippen LogP contribution >= 0.6 is 0 Å². The molecule has 1 aromatic carbocycles. The molecule has 6 nitrogen and oxygen atoms in total. The fourth-order valence-electron chi connectivity index (χ4n) is 3.09. The molecule has 1 aliphatic rings. The van der Waals surface area contributed by atoms with E-state index < -0.39 is 6.04 Å². The van der Waals surface area contributed by atoms with Crippen molar-refractivity contribution in [3.8, 4) is 0 Å². The zero-order valence-corrected chi connectivity index (χ0v) is 15.0. The zero-order chi connectivity index (χ0) is 18.4. The van der Waals surface area contributed by atoms with Gasteiger partial charge in [0.2, 0.25) is 0 Å². The number of carbonyl (C=O) groups is 2. The molecule has 1 aromatic heterocycles. The first-order valence-electron chi connectivity index (χ1n) is 8.86. The van der Waals surface area contributed by atoms with Gasteiger partial charge in [-0.05, 0) is 31.2 Å². The number of nitrogens with one attached hydrogen (secondary N) is 1. The van der Waals surface area contributed by atoms with Crippen LogP contribution < -0.4 is 10.2 Å². The molecule has 1 N–H and O–H groups in total. The zero-order valence-electron chi connectivity index (χ0n) is 15.0. The lowest BCUT2D eigenvalue weighted by Gasteiger charge is -2.34. The molecule has 136 valence electrons. The van der Waals surface area contributed by atoms with Crippen LogP contribution in [0.4, 0.5) is 5.82 Å². The molecule has 26 heavy (non-hydrogen) atoms. The van der Waals surface area contributed by atoms with E-state index in [4.69, 9.17) is 0 Å². The first-order valence-corrected chi connectivity index (χ1v) is 8.86. The average Bonchev–Trinajstić information content (AvgIpc) is 2.69. The minimum absolute atomic E-state index is 0.264. The van der Waals surface area contributed by atoms with Crippen molar-refractivity contribution in [3.05, 3.63) is 59.8 Å². The van der Waals surface area contributed by atoms with Crippen LogP contribution in [0.3, 0.4) is 0 Å². The molecular weight excluding hydrogens is 328 g/mol. The molecule has 6 heteroatoms. The second-order valence-corrected chi connectivity index (χ2v) is 6.57. The number of aldehydes is 1. The van der Waals surface area contributed by atoms with Crippen molar-refractivity contribution in [2.75, 3.05) is 38.1 Å². The van der Waals surface area contributed by atoms with Crippen LogP contribution in [0, 0.1) is 0 Å². The molecule has 1 saturated heterocycles. The number of anilines is 1. The molecule has 1 aliphatic heterocycles. The molecule has 0 radical (unpaired) electrons. The number of rotatable bonds is 6. The molecule has 0 saturated carbocycles. The van der Waals surface area contributed by atoms with Gasteiger partial charge in [-0.15, -0.1) is 0 Å². The number of aromatic nitrogens is 1. The third kappa shape index (κ3) is 4.46. The lowest BCUT2D eigenvalue weighted by Crippen LogP contribution is -2.46. The van der Waals surface area contributed by atoms with E-state index >= 15 is 0 Å². The topological polar surface area (TPSA) is 65.5 Å². The second kappa shape index (κ2) is 8.58. The first-order chi connectivity index (χ1) is 12.7. The van der Waals surface area contributed by atoms with Gasteiger partial charge in [-0.25, -0.2) is 4.98 Å². The van der Waals surface area contributed by atoms with E-state index in [9.17, 15) is 9.59 Å². The van der Waals surface area contributed by atoms with Gasteiger partial charge in [0, 0.05) is 32.4 Å². The third-order valence-corrected chi connectivity index (χ3v) is 4.61. The third-order valence-electron chi connectivity index (χ3n) is 4.61. The van der Waals surface area contributed by atoms with Crippen molar-refractivity contribution in [1.29, 1.82) is 0 Å². The second-order valence-electron chi connectivity index (χ2n) is 6.57. The van der Waals surface area contributed by atoms with E-state index in [1.54, 1.807) is 18.3 Å². The molecule has 3 rings (SSSR count). The highest BCUT2D eigenvalue weighted by atomic mass is 16.2. The Morgan fingerprint density at radius 1 is 1.15 bits per heavy atom. The Labute approximate surface area is 153 Å². The van der Waals surface area contributed by atoms with E-state index in [2.05, 4.69) is 27.1 Å². The number of piperazine rings is 1. The summed E-state index contributed by atoms with van der Waals surface area (Å²) >= 11 is 0. The number of likely N-dealkylation sites (N-methyl/N-ethyl adjacent to an activating group) is 1.